The molecule has 7 nitrogen and oxygen atoms in total. The van der Waals surface area contributed by atoms with Gasteiger partial charge >= 0.3 is 0 Å². The molecule has 1 aromatic rings. The topological polar surface area (TPSA) is 75.9 Å². The van der Waals surface area contributed by atoms with Gasteiger partial charge in [-0.2, -0.15) is 0 Å². The zero-order valence-electron chi connectivity index (χ0n) is 12.9. The summed E-state index contributed by atoms with van der Waals surface area (Å²) in [4.78, 5) is 26.6. The number of nitro benzene ring substituents is 1. The summed E-state index contributed by atoms with van der Waals surface area (Å²) < 4.78 is 5.00. The van der Waals surface area contributed by atoms with Crippen LogP contribution in [0.25, 0.3) is 0 Å². The van der Waals surface area contributed by atoms with E-state index in [9.17, 15) is 14.9 Å². The summed E-state index contributed by atoms with van der Waals surface area (Å²) in [6.07, 6.45) is 0. The molecule has 1 aromatic carbocycles. The Morgan fingerprint density at radius 2 is 2.00 bits per heavy atom. The number of ether oxygens (including phenoxy) is 1. The van der Waals surface area contributed by atoms with E-state index in [0.29, 0.717) is 26.2 Å². The predicted octanol–water partition coefficient (Wildman–Crippen LogP) is 1.90. The highest BCUT2D eigenvalue weighted by Crippen LogP contribution is 2.24. The maximum Gasteiger partial charge on any atom is 0.283 e. The molecule has 22 heavy (non-hydrogen) atoms. The molecule has 0 bridgehead atoms. The van der Waals surface area contributed by atoms with E-state index in [4.69, 9.17) is 16.3 Å². The Balaban J connectivity index is 3.04. The van der Waals surface area contributed by atoms with E-state index in [1.54, 1.807) is 12.0 Å². The van der Waals surface area contributed by atoms with Crippen LogP contribution in [-0.2, 0) is 4.74 Å². The molecule has 0 radical (unpaired) electrons. The zero-order chi connectivity index (χ0) is 16.7. The van der Waals surface area contributed by atoms with E-state index in [0.717, 1.165) is 0 Å². The zero-order valence-corrected chi connectivity index (χ0v) is 13.7. The molecular formula is C14H20ClN3O4. The number of nitrogens with zero attached hydrogens (tertiary/aromatic N) is 3. The molecule has 8 heteroatoms. The van der Waals surface area contributed by atoms with E-state index in [-0.39, 0.29) is 16.3 Å². The first-order chi connectivity index (χ1) is 10.4. The van der Waals surface area contributed by atoms with Gasteiger partial charge in [0.2, 0.25) is 0 Å². The van der Waals surface area contributed by atoms with E-state index in [1.807, 2.05) is 19.0 Å². The van der Waals surface area contributed by atoms with Crippen molar-refractivity contribution >= 4 is 23.2 Å². The number of benzene rings is 1. The second kappa shape index (κ2) is 8.67. The lowest BCUT2D eigenvalue weighted by Gasteiger charge is -2.24. The normalized spacial score (nSPS) is 10.8. The van der Waals surface area contributed by atoms with Crippen LogP contribution in [0.1, 0.15) is 10.4 Å². The van der Waals surface area contributed by atoms with Crippen LogP contribution >= 0.6 is 11.6 Å². The van der Waals surface area contributed by atoms with Crippen molar-refractivity contribution in [1.29, 1.82) is 0 Å². The van der Waals surface area contributed by atoms with Crippen molar-refractivity contribution in [2.45, 2.75) is 0 Å². The molecule has 0 unspecified atom stereocenters. The summed E-state index contributed by atoms with van der Waals surface area (Å²) in [6.45, 7) is 1.83. The van der Waals surface area contributed by atoms with Gasteiger partial charge in [-0.05, 0) is 26.2 Å². The smallest absolute Gasteiger partial charge is 0.283 e. The molecule has 0 aliphatic carbocycles. The first-order valence-corrected chi connectivity index (χ1v) is 7.11. The second-order valence-corrected chi connectivity index (χ2v) is 5.44. The molecule has 0 heterocycles. The van der Waals surface area contributed by atoms with Gasteiger partial charge in [0.1, 0.15) is 5.56 Å². The number of carbonyl (C=O) groups is 1. The van der Waals surface area contributed by atoms with Crippen molar-refractivity contribution in [3.05, 3.63) is 38.9 Å². The highest BCUT2D eigenvalue weighted by Gasteiger charge is 2.24. The monoisotopic (exact) mass is 329 g/mol. The van der Waals surface area contributed by atoms with Crippen LogP contribution in [-0.4, -0.2) is 68.1 Å². The summed E-state index contributed by atoms with van der Waals surface area (Å²) in [5, 5.41) is 11.3. The van der Waals surface area contributed by atoms with E-state index in [2.05, 4.69) is 0 Å². The Bertz CT molecular complexity index is 537. The van der Waals surface area contributed by atoms with Crippen molar-refractivity contribution in [2.24, 2.45) is 0 Å². The third-order valence-corrected chi connectivity index (χ3v) is 3.29. The summed E-state index contributed by atoms with van der Waals surface area (Å²) >= 11 is 5.78. The van der Waals surface area contributed by atoms with Gasteiger partial charge in [-0.3, -0.25) is 14.9 Å². The van der Waals surface area contributed by atoms with Crippen LogP contribution in [0.5, 0.6) is 0 Å². The van der Waals surface area contributed by atoms with Gasteiger partial charge in [0.05, 0.1) is 11.5 Å². The second-order valence-electron chi connectivity index (χ2n) is 5.01. The number of methoxy groups -OCH3 is 1. The Kier molecular flexibility index (Phi) is 7.23. The molecule has 0 aromatic heterocycles. The fourth-order valence-electron chi connectivity index (χ4n) is 1.84. The van der Waals surface area contributed by atoms with Crippen molar-refractivity contribution in [1.82, 2.24) is 9.80 Å². The Morgan fingerprint density at radius 3 is 2.55 bits per heavy atom. The predicted molar refractivity (Wildman–Crippen MR) is 84.4 cm³/mol. The molecule has 0 spiro atoms. The number of nitro groups is 1. The maximum absolute atomic E-state index is 12.6. The molecular weight excluding hydrogens is 310 g/mol. The van der Waals surface area contributed by atoms with E-state index >= 15 is 0 Å². The lowest BCUT2D eigenvalue weighted by molar-refractivity contribution is -0.385. The van der Waals surface area contributed by atoms with Crippen molar-refractivity contribution < 1.29 is 14.5 Å². The number of amides is 1. The number of halogens is 1. The maximum atomic E-state index is 12.6. The average Bonchev–Trinajstić information content (AvgIpc) is 2.46. The van der Waals surface area contributed by atoms with Crippen molar-refractivity contribution in [3.8, 4) is 0 Å². The first-order valence-electron chi connectivity index (χ1n) is 6.73. The molecule has 0 N–H and O–H groups in total. The van der Waals surface area contributed by atoms with Crippen LogP contribution in [0.3, 0.4) is 0 Å². The number of carbonyl (C=O) groups excluding carboxylic acids is 1. The molecule has 0 atom stereocenters. The van der Waals surface area contributed by atoms with Crippen LogP contribution in [0.2, 0.25) is 5.02 Å². The number of likely N-dealkylation sites (N-methyl/N-ethyl adjacent to an activating group) is 1. The van der Waals surface area contributed by atoms with Crippen LogP contribution in [0.15, 0.2) is 18.2 Å². The summed E-state index contributed by atoms with van der Waals surface area (Å²) in [6, 6.07) is 4.05. The van der Waals surface area contributed by atoms with Gasteiger partial charge in [-0.1, -0.05) is 11.6 Å². The lowest BCUT2D eigenvalue weighted by atomic mass is 10.1. The van der Waals surface area contributed by atoms with E-state index < -0.39 is 10.8 Å². The minimum atomic E-state index is -0.598. The fraction of sp³-hybridized carbons (Fsp3) is 0.500. The third-order valence-electron chi connectivity index (χ3n) is 3.06. The number of rotatable bonds is 8. The average molecular weight is 330 g/mol. The largest absolute Gasteiger partial charge is 0.383 e. The standard InChI is InChI=1S/C14H20ClN3O4/c1-16(2)6-7-17(8-9-22-3)14(19)12-5-4-11(15)10-13(12)18(20)21/h4-5,10H,6-9H2,1-3H3. The highest BCUT2D eigenvalue weighted by atomic mass is 35.5. The Morgan fingerprint density at radius 1 is 1.32 bits per heavy atom. The molecule has 1 amide bonds. The molecule has 0 saturated carbocycles. The van der Waals surface area contributed by atoms with Gasteiger partial charge < -0.3 is 14.5 Å². The summed E-state index contributed by atoms with van der Waals surface area (Å²) in [5.74, 6) is -0.401. The van der Waals surface area contributed by atoms with Crippen molar-refractivity contribution in [2.75, 3.05) is 47.4 Å². The molecule has 0 aliphatic rings. The molecule has 0 fully saturated rings. The van der Waals surface area contributed by atoms with Gasteiger partial charge in [-0.15, -0.1) is 0 Å². The number of hydrogen-bond acceptors (Lipinski definition) is 5. The van der Waals surface area contributed by atoms with Gasteiger partial charge in [0.25, 0.3) is 11.6 Å². The Labute approximate surface area is 134 Å². The summed E-state index contributed by atoms with van der Waals surface area (Å²) in [5.41, 5.74) is -0.256. The van der Waals surface area contributed by atoms with Gasteiger partial charge in [-0.25, -0.2) is 0 Å². The van der Waals surface area contributed by atoms with Crippen LogP contribution in [0.4, 0.5) is 5.69 Å². The highest BCUT2D eigenvalue weighted by molar-refractivity contribution is 6.31. The van der Waals surface area contributed by atoms with Crippen LogP contribution < -0.4 is 0 Å². The molecule has 0 saturated heterocycles. The third kappa shape index (κ3) is 5.25. The minimum Gasteiger partial charge on any atom is -0.383 e. The number of hydrogen-bond donors (Lipinski definition) is 0. The van der Waals surface area contributed by atoms with Crippen LogP contribution in [0, 0.1) is 10.1 Å². The fourth-order valence-corrected chi connectivity index (χ4v) is 2.01. The SMILES string of the molecule is COCCN(CCN(C)C)C(=O)c1ccc(Cl)cc1[N+](=O)[O-]. The minimum absolute atomic E-state index is 0.0317. The summed E-state index contributed by atoms with van der Waals surface area (Å²) in [7, 11) is 5.33. The van der Waals surface area contributed by atoms with E-state index in [1.165, 1.54) is 18.2 Å². The Hall–Kier alpha value is -1.70. The molecule has 122 valence electrons. The van der Waals surface area contributed by atoms with Gasteiger partial charge in [0, 0.05) is 37.8 Å². The quantitative estimate of drug-likeness (QED) is 0.538. The molecule has 1 rings (SSSR count). The lowest BCUT2D eigenvalue weighted by Crippen LogP contribution is -2.39. The van der Waals surface area contributed by atoms with Crippen molar-refractivity contribution in [3.63, 3.8) is 0 Å². The van der Waals surface area contributed by atoms with Gasteiger partial charge in [0.15, 0.2) is 0 Å². The first kappa shape index (κ1) is 18.3. The molecule has 0 aliphatic heterocycles.